The second kappa shape index (κ2) is 10.3. The Morgan fingerprint density at radius 2 is 1.54 bits per heavy atom. The number of para-hydroxylation sites is 1. The van der Waals surface area contributed by atoms with Crippen LogP contribution in [0.25, 0.3) is 0 Å². The molecule has 146 valence electrons. The lowest BCUT2D eigenvalue weighted by Crippen LogP contribution is -2.35. The maximum absolute atomic E-state index is 12.4. The quantitative estimate of drug-likeness (QED) is 0.685. The maximum Gasteiger partial charge on any atom is 0.223 e. The van der Waals surface area contributed by atoms with E-state index < -0.39 is 0 Å². The average Bonchev–Trinajstić information content (AvgIpc) is 2.53. The highest BCUT2D eigenvalue weighted by Crippen LogP contribution is 2.35. The molecule has 26 heavy (non-hydrogen) atoms. The van der Waals surface area contributed by atoms with Gasteiger partial charge in [0.05, 0.1) is 5.69 Å². The Morgan fingerprint density at radius 1 is 1.00 bits per heavy atom. The number of nitrogens with zero attached hydrogens (tertiary/aromatic N) is 1. The van der Waals surface area contributed by atoms with Crippen molar-refractivity contribution in [3.63, 3.8) is 0 Å². The van der Waals surface area contributed by atoms with Crippen LogP contribution in [-0.2, 0) is 9.59 Å². The Balaban J connectivity index is 3.00. The largest absolute Gasteiger partial charge is 0.356 e. The SMILES string of the molecule is CC(=O)N(CCC(=O)NCCC(C)C)c1c(C(C)C)cccc1C(C)C. The molecular weight excluding hydrogens is 324 g/mol. The van der Waals surface area contributed by atoms with Gasteiger partial charge in [-0.05, 0) is 35.3 Å². The Morgan fingerprint density at radius 3 is 1.96 bits per heavy atom. The Labute approximate surface area is 159 Å². The fraction of sp³-hybridized carbons (Fsp3) is 0.636. The fourth-order valence-corrected chi connectivity index (χ4v) is 3.05. The van der Waals surface area contributed by atoms with E-state index in [9.17, 15) is 9.59 Å². The van der Waals surface area contributed by atoms with Gasteiger partial charge in [0.25, 0.3) is 0 Å². The van der Waals surface area contributed by atoms with Gasteiger partial charge in [-0.2, -0.15) is 0 Å². The first-order chi connectivity index (χ1) is 12.1. The first-order valence-electron chi connectivity index (χ1n) is 9.82. The van der Waals surface area contributed by atoms with Gasteiger partial charge in [0.1, 0.15) is 0 Å². The smallest absolute Gasteiger partial charge is 0.223 e. The molecule has 1 aromatic rings. The average molecular weight is 361 g/mol. The van der Waals surface area contributed by atoms with Crippen LogP contribution in [0.15, 0.2) is 18.2 Å². The van der Waals surface area contributed by atoms with Crippen LogP contribution >= 0.6 is 0 Å². The molecule has 1 aromatic carbocycles. The van der Waals surface area contributed by atoms with Gasteiger partial charge >= 0.3 is 0 Å². The number of carbonyl (C=O) groups is 2. The predicted octanol–water partition coefficient (Wildman–Crippen LogP) is 4.84. The van der Waals surface area contributed by atoms with E-state index in [2.05, 4.69) is 65.1 Å². The van der Waals surface area contributed by atoms with Crippen molar-refractivity contribution in [2.24, 2.45) is 5.92 Å². The van der Waals surface area contributed by atoms with Crippen molar-refractivity contribution >= 4 is 17.5 Å². The molecule has 0 aliphatic carbocycles. The van der Waals surface area contributed by atoms with E-state index in [1.807, 2.05) is 0 Å². The van der Waals surface area contributed by atoms with E-state index in [0.717, 1.165) is 23.2 Å². The summed E-state index contributed by atoms with van der Waals surface area (Å²) < 4.78 is 0. The van der Waals surface area contributed by atoms with Gasteiger partial charge < -0.3 is 10.2 Å². The Kier molecular flexibility index (Phi) is 8.83. The minimum Gasteiger partial charge on any atom is -0.356 e. The van der Waals surface area contributed by atoms with Crippen LogP contribution in [0.4, 0.5) is 5.69 Å². The van der Waals surface area contributed by atoms with Crippen LogP contribution in [0.5, 0.6) is 0 Å². The molecule has 0 aliphatic rings. The molecule has 0 unspecified atom stereocenters. The highest BCUT2D eigenvalue weighted by Gasteiger charge is 2.22. The van der Waals surface area contributed by atoms with Gasteiger partial charge in [-0.3, -0.25) is 9.59 Å². The third-order valence-corrected chi connectivity index (χ3v) is 4.60. The molecule has 0 aromatic heterocycles. The molecule has 0 bridgehead atoms. The summed E-state index contributed by atoms with van der Waals surface area (Å²) in [5, 5.41) is 2.96. The van der Waals surface area contributed by atoms with Crippen LogP contribution in [-0.4, -0.2) is 24.9 Å². The van der Waals surface area contributed by atoms with E-state index in [4.69, 9.17) is 0 Å². The normalized spacial score (nSPS) is 11.3. The number of anilines is 1. The zero-order valence-electron chi connectivity index (χ0n) is 17.6. The summed E-state index contributed by atoms with van der Waals surface area (Å²) >= 11 is 0. The molecule has 0 radical (unpaired) electrons. The molecule has 4 heteroatoms. The van der Waals surface area contributed by atoms with Crippen LogP contribution in [0.2, 0.25) is 0 Å². The number of hydrogen-bond acceptors (Lipinski definition) is 2. The molecule has 0 fully saturated rings. The van der Waals surface area contributed by atoms with E-state index in [-0.39, 0.29) is 11.8 Å². The van der Waals surface area contributed by atoms with Gasteiger partial charge in [-0.15, -0.1) is 0 Å². The third-order valence-electron chi connectivity index (χ3n) is 4.60. The predicted molar refractivity (Wildman–Crippen MR) is 110 cm³/mol. The molecule has 1 N–H and O–H groups in total. The van der Waals surface area contributed by atoms with Crippen LogP contribution < -0.4 is 10.2 Å². The summed E-state index contributed by atoms with van der Waals surface area (Å²) in [4.78, 5) is 26.4. The molecule has 1 rings (SSSR count). The third kappa shape index (κ3) is 6.47. The minimum absolute atomic E-state index is 0.00465. The standard InChI is InChI=1S/C22H36N2O2/c1-15(2)11-13-23-21(26)12-14-24(18(7)25)22-19(16(3)4)9-8-10-20(22)17(5)6/h8-10,15-17H,11-14H2,1-7H3,(H,23,26). The summed E-state index contributed by atoms with van der Waals surface area (Å²) in [6.07, 6.45) is 1.29. The number of nitrogens with one attached hydrogen (secondary N) is 1. The first-order valence-corrected chi connectivity index (χ1v) is 9.82. The highest BCUT2D eigenvalue weighted by molar-refractivity contribution is 5.94. The van der Waals surface area contributed by atoms with Crippen LogP contribution in [0.1, 0.15) is 84.3 Å². The van der Waals surface area contributed by atoms with E-state index in [0.29, 0.717) is 37.3 Å². The summed E-state index contributed by atoms with van der Waals surface area (Å²) in [6, 6.07) is 6.24. The fourth-order valence-electron chi connectivity index (χ4n) is 3.05. The van der Waals surface area contributed by atoms with Crippen LogP contribution in [0.3, 0.4) is 0 Å². The van der Waals surface area contributed by atoms with Crippen LogP contribution in [0, 0.1) is 5.92 Å². The number of benzene rings is 1. The van der Waals surface area contributed by atoms with Gasteiger partial charge in [0.15, 0.2) is 0 Å². The van der Waals surface area contributed by atoms with Crippen molar-refractivity contribution in [3.8, 4) is 0 Å². The van der Waals surface area contributed by atoms with Crippen molar-refractivity contribution in [1.82, 2.24) is 5.32 Å². The monoisotopic (exact) mass is 360 g/mol. The minimum atomic E-state index is -0.0185. The zero-order chi connectivity index (χ0) is 19.9. The van der Waals surface area contributed by atoms with Crippen molar-refractivity contribution < 1.29 is 9.59 Å². The lowest BCUT2D eigenvalue weighted by molar-refractivity contribution is -0.121. The number of carbonyl (C=O) groups excluding carboxylic acids is 2. The molecule has 4 nitrogen and oxygen atoms in total. The van der Waals surface area contributed by atoms with Crippen molar-refractivity contribution in [3.05, 3.63) is 29.3 Å². The molecule has 0 saturated carbocycles. The van der Waals surface area contributed by atoms with E-state index in [1.165, 1.54) is 0 Å². The van der Waals surface area contributed by atoms with Gasteiger partial charge in [-0.1, -0.05) is 59.7 Å². The highest BCUT2D eigenvalue weighted by atomic mass is 16.2. The zero-order valence-corrected chi connectivity index (χ0v) is 17.6. The maximum atomic E-state index is 12.4. The van der Waals surface area contributed by atoms with Crippen molar-refractivity contribution in [2.45, 2.75) is 73.1 Å². The second-order valence-corrected chi connectivity index (χ2v) is 8.05. The molecule has 0 saturated heterocycles. The van der Waals surface area contributed by atoms with Gasteiger partial charge in [-0.25, -0.2) is 0 Å². The van der Waals surface area contributed by atoms with Crippen molar-refractivity contribution in [2.75, 3.05) is 18.0 Å². The molecule has 0 heterocycles. The van der Waals surface area contributed by atoms with Crippen molar-refractivity contribution in [1.29, 1.82) is 0 Å². The number of hydrogen-bond donors (Lipinski definition) is 1. The van der Waals surface area contributed by atoms with E-state index >= 15 is 0 Å². The number of rotatable bonds is 9. The molecule has 0 aliphatic heterocycles. The molecule has 0 spiro atoms. The first kappa shape index (κ1) is 22.2. The summed E-state index contributed by atoms with van der Waals surface area (Å²) in [6.45, 7) is 15.5. The Bertz CT molecular complexity index is 580. The lowest BCUT2D eigenvalue weighted by atomic mass is 9.91. The molecule has 2 amide bonds. The second-order valence-electron chi connectivity index (χ2n) is 8.05. The molecule has 0 atom stereocenters. The van der Waals surface area contributed by atoms with Gasteiger partial charge in [0.2, 0.25) is 11.8 Å². The summed E-state index contributed by atoms with van der Waals surface area (Å²) in [7, 11) is 0. The molecular formula is C22H36N2O2. The summed E-state index contributed by atoms with van der Waals surface area (Å²) in [5.74, 6) is 1.17. The van der Waals surface area contributed by atoms with Gasteiger partial charge in [0, 0.05) is 26.4 Å². The topological polar surface area (TPSA) is 49.4 Å². The summed E-state index contributed by atoms with van der Waals surface area (Å²) in [5.41, 5.74) is 3.30. The number of amides is 2. The Hall–Kier alpha value is -1.84. The van der Waals surface area contributed by atoms with E-state index in [1.54, 1.807) is 11.8 Å². The lowest BCUT2D eigenvalue weighted by Gasteiger charge is -2.29.